The van der Waals surface area contributed by atoms with Gasteiger partial charge in [-0.2, -0.15) is 0 Å². The first-order chi connectivity index (χ1) is 14.3. The topological polar surface area (TPSA) is 94.2 Å². The second-order valence-electron chi connectivity index (χ2n) is 9.50. The van der Waals surface area contributed by atoms with E-state index in [-0.39, 0.29) is 30.3 Å². The second kappa shape index (κ2) is 9.72. The van der Waals surface area contributed by atoms with E-state index in [1.54, 1.807) is 18.4 Å². The molecular formula is C22H34N2O6Si. The maximum absolute atomic E-state index is 13.0. The molecule has 1 saturated heterocycles. The smallest absolute Gasteiger partial charge is 0.445 e. The Bertz CT molecular complexity index is 791. The molecule has 2 rings (SSSR count). The summed E-state index contributed by atoms with van der Waals surface area (Å²) in [6, 6.07) is 7.98. The number of β-lactam (4-membered cyclic amide) rings is 1. The number of carbonyl (C=O) groups excluding carboxylic acids is 3. The molecule has 1 aromatic carbocycles. The molecule has 172 valence electrons. The highest BCUT2D eigenvalue weighted by atomic mass is 28.3. The van der Waals surface area contributed by atoms with E-state index in [1.165, 1.54) is 0 Å². The number of rotatable bonds is 7. The van der Waals surface area contributed by atoms with Gasteiger partial charge < -0.3 is 24.1 Å². The maximum Gasteiger partial charge on any atom is 0.508 e. The van der Waals surface area contributed by atoms with E-state index in [9.17, 15) is 14.4 Å². The van der Waals surface area contributed by atoms with Crippen LogP contribution in [0.1, 0.15) is 40.2 Å². The zero-order valence-electron chi connectivity index (χ0n) is 19.4. The van der Waals surface area contributed by atoms with E-state index in [4.69, 9.17) is 14.2 Å². The van der Waals surface area contributed by atoms with Gasteiger partial charge in [0.25, 0.3) is 0 Å². The Kier molecular flexibility index (Phi) is 7.75. The van der Waals surface area contributed by atoms with Crippen molar-refractivity contribution in [2.75, 3.05) is 6.61 Å². The summed E-state index contributed by atoms with van der Waals surface area (Å²) in [5.41, 5.74) is 0.844. The third-order valence-electron chi connectivity index (χ3n) is 5.85. The summed E-state index contributed by atoms with van der Waals surface area (Å²) in [6.45, 7) is 13.9. The molecule has 0 aliphatic carbocycles. The molecule has 1 aromatic rings. The fourth-order valence-electron chi connectivity index (χ4n) is 3.20. The molecule has 1 heterocycles. The maximum atomic E-state index is 13.0. The van der Waals surface area contributed by atoms with Crippen LogP contribution in [0.3, 0.4) is 0 Å². The van der Waals surface area contributed by atoms with Crippen LogP contribution in [0.2, 0.25) is 18.1 Å². The van der Waals surface area contributed by atoms with Crippen molar-refractivity contribution in [2.24, 2.45) is 0 Å². The Balaban J connectivity index is 2.07. The predicted octanol–water partition coefficient (Wildman–Crippen LogP) is 4.06. The molecule has 0 saturated carbocycles. The number of hydrogen-bond acceptors (Lipinski definition) is 6. The van der Waals surface area contributed by atoms with Crippen molar-refractivity contribution in [3.8, 4) is 0 Å². The van der Waals surface area contributed by atoms with Crippen LogP contribution in [0.5, 0.6) is 0 Å². The quantitative estimate of drug-likeness (QED) is 0.382. The standard InChI is InChI=1S/C22H34N2O6Si/c1-15(2)30-21(27)29-14-17-18(19(25)24(17)31(6,7)22(3,4)5)23-20(26)28-13-16-11-9-8-10-12-16/h8-12,15,17-18H,13-14H2,1-7H3,(H,23,26)/t17-,18+/m0/s1. The number of nitrogens with zero attached hydrogens (tertiary/aromatic N) is 1. The lowest BCUT2D eigenvalue weighted by molar-refractivity contribution is -0.146. The van der Waals surface area contributed by atoms with E-state index < -0.39 is 32.6 Å². The van der Waals surface area contributed by atoms with E-state index in [2.05, 4.69) is 39.2 Å². The van der Waals surface area contributed by atoms with Gasteiger partial charge in [0, 0.05) is 0 Å². The molecule has 1 aliphatic rings. The van der Waals surface area contributed by atoms with E-state index in [1.807, 2.05) is 30.3 Å². The van der Waals surface area contributed by atoms with Crippen molar-refractivity contribution in [1.29, 1.82) is 0 Å². The number of amides is 2. The molecule has 31 heavy (non-hydrogen) atoms. The van der Waals surface area contributed by atoms with Gasteiger partial charge in [0.2, 0.25) is 5.91 Å². The average Bonchev–Trinajstić information content (AvgIpc) is 2.66. The van der Waals surface area contributed by atoms with Crippen molar-refractivity contribution >= 4 is 26.4 Å². The second-order valence-corrected chi connectivity index (χ2v) is 14.6. The van der Waals surface area contributed by atoms with Crippen LogP contribution in [-0.2, 0) is 25.6 Å². The van der Waals surface area contributed by atoms with Gasteiger partial charge in [0.05, 0.1) is 12.1 Å². The van der Waals surface area contributed by atoms with Gasteiger partial charge in [0.1, 0.15) is 19.3 Å². The molecule has 0 aromatic heterocycles. The first kappa shape index (κ1) is 24.7. The van der Waals surface area contributed by atoms with Crippen molar-refractivity contribution < 1.29 is 28.6 Å². The summed E-state index contributed by atoms with van der Waals surface area (Å²) in [4.78, 5) is 37.2. The van der Waals surface area contributed by atoms with Gasteiger partial charge >= 0.3 is 12.2 Å². The lowest BCUT2D eigenvalue weighted by Crippen LogP contribution is -2.79. The van der Waals surface area contributed by atoms with Crippen LogP contribution < -0.4 is 5.32 Å². The molecule has 1 aliphatic heterocycles. The van der Waals surface area contributed by atoms with Crippen LogP contribution in [0, 0.1) is 0 Å². The molecule has 1 N–H and O–H groups in total. The minimum atomic E-state index is -2.26. The van der Waals surface area contributed by atoms with Crippen LogP contribution in [0.15, 0.2) is 30.3 Å². The largest absolute Gasteiger partial charge is 0.508 e. The fourth-order valence-corrected chi connectivity index (χ4v) is 5.66. The molecule has 1 fully saturated rings. The number of nitrogens with one attached hydrogen (secondary N) is 1. The van der Waals surface area contributed by atoms with E-state index in [0.29, 0.717) is 0 Å². The molecule has 2 atom stereocenters. The molecule has 2 amide bonds. The van der Waals surface area contributed by atoms with Crippen LogP contribution in [-0.4, -0.2) is 55.8 Å². The predicted molar refractivity (Wildman–Crippen MR) is 119 cm³/mol. The van der Waals surface area contributed by atoms with Gasteiger partial charge in [-0.15, -0.1) is 0 Å². The highest BCUT2D eigenvalue weighted by Crippen LogP contribution is 2.43. The Labute approximate surface area is 185 Å². The lowest BCUT2D eigenvalue weighted by atomic mass is 10.00. The Morgan fingerprint density at radius 1 is 1.13 bits per heavy atom. The molecule has 8 nitrogen and oxygen atoms in total. The van der Waals surface area contributed by atoms with E-state index in [0.717, 1.165) is 5.56 Å². The van der Waals surface area contributed by atoms with Crippen molar-refractivity contribution in [1.82, 2.24) is 9.88 Å². The normalized spacial score (nSPS) is 19.0. The molecule has 9 heteroatoms. The summed E-state index contributed by atoms with van der Waals surface area (Å²) in [7, 11) is -2.26. The van der Waals surface area contributed by atoms with Crippen LogP contribution in [0.4, 0.5) is 9.59 Å². The van der Waals surface area contributed by atoms with Crippen LogP contribution >= 0.6 is 0 Å². The summed E-state index contributed by atoms with van der Waals surface area (Å²) in [5, 5.41) is 2.53. The average molecular weight is 451 g/mol. The molecule has 0 bridgehead atoms. The first-order valence-electron chi connectivity index (χ1n) is 10.5. The van der Waals surface area contributed by atoms with Gasteiger partial charge in [-0.1, -0.05) is 64.2 Å². The molecule has 0 spiro atoms. The zero-order chi connectivity index (χ0) is 23.4. The Morgan fingerprint density at radius 3 is 2.29 bits per heavy atom. The van der Waals surface area contributed by atoms with Crippen molar-refractivity contribution in [3.63, 3.8) is 0 Å². The third kappa shape index (κ3) is 6.00. The Morgan fingerprint density at radius 2 is 1.74 bits per heavy atom. The van der Waals surface area contributed by atoms with Gasteiger partial charge in [-0.3, -0.25) is 4.79 Å². The van der Waals surface area contributed by atoms with E-state index >= 15 is 0 Å². The number of ether oxygens (including phenoxy) is 3. The fraction of sp³-hybridized carbons (Fsp3) is 0.591. The lowest BCUT2D eigenvalue weighted by Gasteiger charge is -2.57. The molecule has 0 radical (unpaired) electrons. The van der Waals surface area contributed by atoms with Crippen LogP contribution in [0.25, 0.3) is 0 Å². The summed E-state index contributed by atoms with van der Waals surface area (Å²) >= 11 is 0. The van der Waals surface area contributed by atoms with Gasteiger partial charge in [-0.25, -0.2) is 9.59 Å². The third-order valence-corrected chi connectivity index (χ3v) is 11.3. The number of carbonyl (C=O) groups is 3. The molecular weight excluding hydrogens is 416 g/mol. The van der Waals surface area contributed by atoms with Crippen molar-refractivity contribution in [2.45, 2.75) is 77.5 Å². The number of benzene rings is 1. The SMILES string of the molecule is CC(C)OC(=O)OC[C@H]1[C@@H](NC(=O)OCc2ccccc2)C(=O)N1[Si](C)(C)C(C)(C)C. The Hall–Kier alpha value is -2.55. The summed E-state index contributed by atoms with van der Waals surface area (Å²) in [5.74, 6) is -0.186. The van der Waals surface area contributed by atoms with Gasteiger partial charge in [0.15, 0.2) is 8.24 Å². The highest BCUT2D eigenvalue weighted by molar-refractivity contribution is 6.80. The zero-order valence-corrected chi connectivity index (χ0v) is 20.4. The minimum absolute atomic E-state index is 0.0621. The first-order valence-corrected chi connectivity index (χ1v) is 13.4. The summed E-state index contributed by atoms with van der Waals surface area (Å²) < 4.78 is 17.3. The van der Waals surface area contributed by atoms with Gasteiger partial charge in [-0.05, 0) is 24.4 Å². The number of alkyl carbamates (subject to hydrolysis) is 1. The molecule has 0 unspecified atom stereocenters. The van der Waals surface area contributed by atoms with Crippen molar-refractivity contribution in [3.05, 3.63) is 35.9 Å². The minimum Gasteiger partial charge on any atom is -0.445 e. The summed E-state index contributed by atoms with van der Waals surface area (Å²) in [6.07, 6.45) is -1.80. The highest BCUT2D eigenvalue weighted by Gasteiger charge is 2.58. The number of hydrogen-bond donors (Lipinski definition) is 1. The monoisotopic (exact) mass is 450 g/mol.